The Morgan fingerprint density at radius 3 is 3.08 bits per heavy atom. The van der Waals surface area contributed by atoms with Crippen molar-refractivity contribution in [2.24, 2.45) is 0 Å². The fraction of sp³-hybridized carbons (Fsp3) is 0.312. The normalized spacial score (nSPS) is 20.0. The molecule has 2 aromatic rings. The first-order chi connectivity index (χ1) is 11.6. The summed E-state index contributed by atoms with van der Waals surface area (Å²) in [6.07, 6.45) is 4.27. The van der Waals surface area contributed by atoms with E-state index in [0.29, 0.717) is 23.3 Å². The number of carbonyl (C=O) groups is 1. The van der Waals surface area contributed by atoms with Crippen molar-refractivity contribution >= 4 is 17.1 Å². The van der Waals surface area contributed by atoms with Crippen LogP contribution in [0.25, 0.3) is 11.2 Å². The zero-order valence-corrected chi connectivity index (χ0v) is 12.9. The summed E-state index contributed by atoms with van der Waals surface area (Å²) in [5.74, 6) is -0.871. The molecular formula is C16H16F2N4O2. The number of alkyl halides is 1. The van der Waals surface area contributed by atoms with Gasteiger partial charge in [-0.1, -0.05) is 6.92 Å². The zero-order chi connectivity index (χ0) is 17.1. The van der Waals surface area contributed by atoms with Crippen LogP contribution in [-0.2, 0) is 0 Å². The molecule has 0 radical (unpaired) electrons. The van der Waals surface area contributed by atoms with Gasteiger partial charge in [0.05, 0.1) is 11.8 Å². The quantitative estimate of drug-likeness (QED) is 0.881. The van der Waals surface area contributed by atoms with Crippen molar-refractivity contribution in [2.75, 3.05) is 6.54 Å². The molecule has 126 valence electrons. The van der Waals surface area contributed by atoms with Crippen LogP contribution in [-0.4, -0.2) is 39.7 Å². The Morgan fingerprint density at radius 2 is 2.33 bits per heavy atom. The molecule has 2 unspecified atom stereocenters. The average molecular weight is 334 g/mol. The Morgan fingerprint density at radius 1 is 1.50 bits per heavy atom. The van der Waals surface area contributed by atoms with Gasteiger partial charge in [-0.25, -0.2) is 18.7 Å². The van der Waals surface area contributed by atoms with Crippen molar-refractivity contribution in [3.63, 3.8) is 0 Å². The first kappa shape index (κ1) is 16.1. The molecule has 0 fully saturated rings. The van der Waals surface area contributed by atoms with Crippen molar-refractivity contribution in [3.8, 4) is 5.88 Å². The van der Waals surface area contributed by atoms with E-state index in [1.54, 1.807) is 0 Å². The predicted octanol–water partition coefficient (Wildman–Crippen LogP) is 2.61. The number of fused-ring (bicyclic) bond motifs is 1. The third-order valence-corrected chi connectivity index (χ3v) is 3.47. The third-order valence-electron chi connectivity index (χ3n) is 3.47. The summed E-state index contributed by atoms with van der Waals surface area (Å²) >= 11 is 0. The van der Waals surface area contributed by atoms with Crippen LogP contribution in [0.2, 0.25) is 0 Å². The van der Waals surface area contributed by atoms with Gasteiger partial charge in [0.25, 0.3) is 5.91 Å². The molecule has 0 saturated carbocycles. The molecule has 1 amide bonds. The summed E-state index contributed by atoms with van der Waals surface area (Å²) in [5.41, 5.74) is 1.09. The van der Waals surface area contributed by atoms with Gasteiger partial charge >= 0.3 is 0 Å². The number of nitrogens with one attached hydrogen (secondary N) is 2. The number of amides is 1. The highest BCUT2D eigenvalue weighted by Crippen LogP contribution is 2.22. The van der Waals surface area contributed by atoms with E-state index in [1.165, 1.54) is 18.5 Å². The fourth-order valence-electron chi connectivity index (χ4n) is 2.28. The molecule has 2 aromatic heterocycles. The molecular weight excluding hydrogens is 318 g/mol. The number of allylic oxidation sites excluding steroid dienone is 2. The summed E-state index contributed by atoms with van der Waals surface area (Å²) in [6, 6.07) is 0. The molecule has 0 saturated heterocycles. The molecule has 8 heteroatoms. The number of hydrogen-bond donors (Lipinski definition) is 2. The van der Waals surface area contributed by atoms with E-state index in [2.05, 4.69) is 20.3 Å². The number of hydrogen-bond acceptors (Lipinski definition) is 4. The maximum absolute atomic E-state index is 13.8. The van der Waals surface area contributed by atoms with E-state index in [4.69, 9.17) is 4.74 Å². The molecule has 2 N–H and O–H groups in total. The summed E-state index contributed by atoms with van der Waals surface area (Å²) in [7, 11) is 0. The highest BCUT2D eigenvalue weighted by Gasteiger charge is 2.23. The standard InChI is InChI=1S/C16H16F2N4O2/c1-2-5-19-16(23)10-7-20-15-14(10)22-13(8-21-15)24-12-4-3-9(17)6-11(12)18/h3-4,6-8,11-12H,2,5H2,1H3,(H,19,23)(H,20,21). The predicted molar refractivity (Wildman–Crippen MR) is 84.2 cm³/mol. The summed E-state index contributed by atoms with van der Waals surface area (Å²) in [4.78, 5) is 23.3. The van der Waals surface area contributed by atoms with Gasteiger partial charge in [0.2, 0.25) is 5.88 Å². The van der Waals surface area contributed by atoms with Gasteiger partial charge in [0, 0.05) is 12.7 Å². The molecule has 1 aliphatic rings. The molecule has 1 aliphatic carbocycles. The van der Waals surface area contributed by atoms with E-state index in [1.807, 2.05) is 6.92 Å². The van der Waals surface area contributed by atoms with Gasteiger partial charge in [-0.05, 0) is 24.6 Å². The van der Waals surface area contributed by atoms with Crippen LogP contribution in [0.15, 0.2) is 36.4 Å². The number of rotatable bonds is 5. The van der Waals surface area contributed by atoms with Gasteiger partial charge in [-0.3, -0.25) is 4.79 Å². The highest BCUT2D eigenvalue weighted by molar-refractivity contribution is 6.04. The molecule has 3 rings (SSSR count). The molecule has 6 nitrogen and oxygen atoms in total. The summed E-state index contributed by atoms with van der Waals surface area (Å²) in [5, 5.41) is 2.75. The SMILES string of the molecule is CCCNC(=O)c1c[nH]c2ncc(OC3C=CC(F)=CC3F)nc12. The number of aromatic nitrogens is 3. The van der Waals surface area contributed by atoms with Gasteiger partial charge < -0.3 is 15.0 Å². The van der Waals surface area contributed by atoms with Crippen molar-refractivity contribution in [1.82, 2.24) is 20.3 Å². The maximum atomic E-state index is 13.8. The second-order valence-corrected chi connectivity index (χ2v) is 5.30. The van der Waals surface area contributed by atoms with Gasteiger partial charge in [-0.15, -0.1) is 0 Å². The van der Waals surface area contributed by atoms with Gasteiger partial charge in [0.1, 0.15) is 11.3 Å². The minimum atomic E-state index is -1.62. The molecule has 2 heterocycles. The largest absolute Gasteiger partial charge is 0.466 e. The van der Waals surface area contributed by atoms with Crippen LogP contribution in [0, 0.1) is 0 Å². The number of carbonyl (C=O) groups excluding carboxylic acids is 1. The second-order valence-electron chi connectivity index (χ2n) is 5.30. The lowest BCUT2D eigenvalue weighted by Gasteiger charge is -2.19. The Hall–Kier alpha value is -2.77. The van der Waals surface area contributed by atoms with Gasteiger partial charge in [0.15, 0.2) is 17.9 Å². The Bertz CT molecular complexity index is 816. The fourth-order valence-corrected chi connectivity index (χ4v) is 2.28. The second kappa shape index (κ2) is 6.77. The first-order valence-corrected chi connectivity index (χ1v) is 7.57. The summed E-state index contributed by atoms with van der Waals surface area (Å²) < 4.78 is 32.1. The minimum Gasteiger partial charge on any atom is -0.466 e. The minimum absolute atomic E-state index is 0.0552. The first-order valence-electron chi connectivity index (χ1n) is 7.57. The van der Waals surface area contributed by atoms with Crippen molar-refractivity contribution in [2.45, 2.75) is 25.6 Å². The Labute approximate surface area is 136 Å². The monoisotopic (exact) mass is 334 g/mol. The van der Waals surface area contributed by atoms with Crippen LogP contribution in [0.4, 0.5) is 8.78 Å². The number of H-pyrrole nitrogens is 1. The van der Waals surface area contributed by atoms with E-state index < -0.39 is 18.1 Å². The van der Waals surface area contributed by atoms with Gasteiger partial charge in [-0.2, -0.15) is 0 Å². The number of nitrogens with zero attached hydrogens (tertiary/aromatic N) is 2. The molecule has 0 aromatic carbocycles. The van der Waals surface area contributed by atoms with Crippen LogP contribution in [0.3, 0.4) is 0 Å². The number of halogens is 2. The average Bonchev–Trinajstić information content (AvgIpc) is 2.98. The maximum Gasteiger partial charge on any atom is 0.255 e. The van der Waals surface area contributed by atoms with Crippen LogP contribution < -0.4 is 10.1 Å². The summed E-state index contributed by atoms with van der Waals surface area (Å²) in [6.45, 7) is 2.49. The number of ether oxygens (including phenoxy) is 1. The lowest BCUT2D eigenvalue weighted by molar-refractivity contribution is 0.0955. The van der Waals surface area contributed by atoms with Crippen molar-refractivity contribution in [3.05, 3.63) is 42.0 Å². The molecule has 0 aliphatic heterocycles. The van der Waals surface area contributed by atoms with E-state index in [-0.39, 0.29) is 11.8 Å². The molecule has 0 bridgehead atoms. The van der Waals surface area contributed by atoms with Crippen LogP contribution in [0.5, 0.6) is 5.88 Å². The van der Waals surface area contributed by atoms with E-state index in [0.717, 1.165) is 18.6 Å². The van der Waals surface area contributed by atoms with E-state index >= 15 is 0 Å². The van der Waals surface area contributed by atoms with E-state index in [9.17, 15) is 13.6 Å². The third kappa shape index (κ3) is 3.27. The topological polar surface area (TPSA) is 79.9 Å². The highest BCUT2D eigenvalue weighted by atomic mass is 19.1. The van der Waals surface area contributed by atoms with Crippen LogP contribution >= 0.6 is 0 Å². The molecule has 24 heavy (non-hydrogen) atoms. The van der Waals surface area contributed by atoms with Crippen molar-refractivity contribution < 1.29 is 18.3 Å². The molecule has 0 spiro atoms. The Balaban J connectivity index is 1.83. The molecule has 2 atom stereocenters. The zero-order valence-electron chi connectivity index (χ0n) is 12.9. The smallest absolute Gasteiger partial charge is 0.255 e. The lowest BCUT2D eigenvalue weighted by Crippen LogP contribution is -2.27. The number of aromatic amines is 1. The Kier molecular flexibility index (Phi) is 4.54. The van der Waals surface area contributed by atoms with Crippen molar-refractivity contribution in [1.29, 1.82) is 0 Å². The van der Waals surface area contributed by atoms with Crippen LogP contribution in [0.1, 0.15) is 23.7 Å². The lowest BCUT2D eigenvalue weighted by atomic mass is 10.1.